The van der Waals surface area contributed by atoms with Crippen molar-refractivity contribution in [3.8, 4) is 0 Å². The topological polar surface area (TPSA) is 83.5 Å². The van der Waals surface area contributed by atoms with Crippen LogP contribution < -0.4 is 4.72 Å². The van der Waals surface area contributed by atoms with Crippen molar-refractivity contribution in [1.29, 1.82) is 0 Å². The van der Waals surface area contributed by atoms with Crippen LogP contribution in [-0.4, -0.2) is 19.5 Å². The number of aromatic carboxylic acids is 1. The van der Waals surface area contributed by atoms with Crippen LogP contribution in [0.3, 0.4) is 0 Å². The molecule has 0 fully saturated rings. The molecule has 0 saturated carbocycles. The molecular weight excluding hydrogens is 402 g/mol. The van der Waals surface area contributed by atoms with E-state index >= 15 is 0 Å². The zero-order chi connectivity index (χ0) is 15.8. The molecule has 21 heavy (non-hydrogen) atoms. The van der Waals surface area contributed by atoms with E-state index in [0.29, 0.717) is 8.66 Å². The van der Waals surface area contributed by atoms with Gasteiger partial charge in [0, 0.05) is 4.88 Å². The molecule has 1 aromatic carbocycles. The van der Waals surface area contributed by atoms with Crippen LogP contribution in [0, 0.1) is 6.92 Å². The first-order valence-corrected chi connectivity index (χ1v) is 8.99. The van der Waals surface area contributed by atoms with Crippen molar-refractivity contribution in [1.82, 2.24) is 0 Å². The van der Waals surface area contributed by atoms with E-state index in [-0.39, 0.29) is 21.2 Å². The van der Waals surface area contributed by atoms with Gasteiger partial charge >= 0.3 is 5.97 Å². The van der Waals surface area contributed by atoms with Crippen LogP contribution >= 0.6 is 38.9 Å². The van der Waals surface area contributed by atoms with Gasteiger partial charge in [0.2, 0.25) is 0 Å². The lowest BCUT2D eigenvalue weighted by Gasteiger charge is -2.08. The van der Waals surface area contributed by atoms with Crippen molar-refractivity contribution >= 4 is 60.5 Å². The van der Waals surface area contributed by atoms with E-state index in [1.54, 1.807) is 6.92 Å². The standard InChI is InChI=1S/C12H9BrClNO4S2/c1-6-10(5-11(13)20-6)21(18,19)15-7-2-3-8(12(16)17)9(14)4-7/h2-5,15H,1H3,(H,16,17). The predicted molar refractivity (Wildman–Crippen MR) is 86.0 cm³/mol. The van der Waals surface area contributed by atoms with Gasteiger partial charge in [0.25, 0.3) is 10.0 Å². The lowest BCUT2D eigenvalue weighted by atomic mass is 10.2. The van der Waals surface area contributed by atoms with Gasteiger partial charge in [0.05, 0.1) is 20.1 Å². The second kappa shape index (κ2) is 5.96. The fraction of sp³-hybridized carbons (Fsp3) is 0.0833. The summed E-state index contributed by atoms with van der Waals surface area (Å²) in [6, 6.07) is 5.37. The molecule has 1 heterocycles. The number of hydrogen-bond acceptors (Lipinski definition) is 4. The summed E-state index contributed by atoms with van der Waals surface area (Å²) in [4.78, 5) is 11.7. The first-order valence-electron chi connectivity index (χ1n) is 5.52. The molecule has 1 aromatic heterocycles. The number of carboxylic acids is 1. The van der Waals surface area contributed by atoms with Crippen LogP contribution in [0.15, 0.2) is 32.9 Å². The average Bonchev–Trinajstić information content (AvgIpc) is 2.68. The number of hydrogen-bond donors (Lipinski definition) is 2. The van der Waals surface area contributed by atoms with Crippen molar-refractivity contribution < 1.29 is 18.3 Å². The summed E-state index contributed by atoms with van der Waals surface area (Å²) in [6.07, 6.45) is 0. The molecule has 112 valence electrons. The third kappa shape index (κ3) is 3.57. The zero-order valence-corrected chi connectivity index (χ0v) is 14.5. The fourth-order valence-corrected chi connectivity index (χ4v) is 5.39. The minimum absolute atomic E-state index is 0.0362. The van der Waals surface area contributed by atoms with Crippen LogP contribution in [0.4, 0.5) is 5.69 Å². The van der Waals surface area contributed by atoms with Crippen molar-refractivity contribution in [3.05, 3.63) is 43.5 Å². The zero-order valence-electron chi connectivity index (χ0n) is 10.6. The van der Waals surface area contributed by atoms with Gasteiger partial charge in [-0.3, -0.25) is 4.72 Å². The number of aryl methyl sites for hydroxylation is 1. The summed E-state index contributed by atoms with van der Waals surface area (Å²) in [6.45, 7) is 1.70. The Morgan fingerprint density at radius 1 is 1.38 bits per heavy atom. The number of carboxylic acid groups (broad SMARTS) is 1. The Labute approximate surface area is 138 Å². The van der Waals surface area contributed by atoms with Gasteiger partial charge in [-0.15, -0.1) is 11.3 Å². The Bertz CT molecular complexity index is 817. The molecule has 2 aromatic rings. The van der Waals surface area contributed by atoms with E-state index in [1.165, 1.54) is 35.6 Å². The highest BCUT2D eigenvalue weighted by atomic mass is 79.9. The number of carbonyl (C=O) groups is 1. The van der Waals surface area contributed by atoms with Gasteiger partial charge in [-0.25, -0.2) is 13.2 Å². The minimum atomic E-state index is -3.75. The highest BCUT2D eigenvalue weighted by Crippen LogP contribution is 2.31. The predicted octanol–water partition coefficient (Wildman–Crippen LogP) is 3.97. The second-order valence-electron chi connectivity index (χ2n) is 4.08. The number of sulfonamides is 1. The lowest BCUT2D eigenvalue weighted by Crippen LogP contribution is -2.13. The third-order valence-electron chi connectivity index (χ3n) is 2.58. The van der Waals surface area contributed by atoms with Gasteiger partial charge in [0.15, 0.2) is 0 Å². The van der Waals surface area contributed by atoms with Crippen LogP contribution in [0.25, 0.3) is 0 Å². The van der Waals surface area contributed by atoms with Gasteiger partial charge in [-0.2, -0.15) is 0 Å². The van der Waals surface area contributed by atoms with Crippen molar-refractivity contribution in [2.75, 3.05) is 4.72 Å². The van der Waals surface area contributed by atoms with E-state index in [9.17, 15) is 13.2 Å². The molecule has 9 heteroatoms. The number of nitrogens with one attached hydrogen (secondary N) is 1. The van der Waals surface area contributed by atoms with E-state index in [4.69, 9.17) is 16.7 Å². The minimum Gasteiger partial charge on any atom is -0.478 e. The van der Waals surface area contributed by atoms with Gasteiger partial charge < -0.3 is 5.11 Å². The molecule has 0 unspecified atom stereocenters. The smallest absolute Gasteiger partial charge is 0.337 e. The Morgan fingerprint density at radius 2 is 2.05 bits per heavy atom. The molecule has 2 N–H and O–H groups in total. The third-order valence-corrected chi connectivity index (χ3v) is 6.09. The number of halogens is 2. The Morgan fingerprint density at radius 3 is 2.52 bits per heavy atom. The molecule has 2 rings (SSSR count). The first kappa shape index (κ1) is 16.3. The quantitative estimate of drug-likeness (QED) is 0.799. The van der Waals surface area contributed by atoms with E-state index in [0.717, 1.165) is 0 Å². The molecule has 0 spiro atoms. The second-order valence-corrected chi connectivity index (χ2v) is 8.77. The lowest BCUT2D eigenvalue weighted by molar-refractivity contribution is 0.0697. The number of anilines is 1. The molecular formula is C12H9BrClNO4S2. The normalized spacial score (nSPS) is 11.4. The maximum Gasteiger partial charge on any atom is 0.337 e. The van der Waals surface area contributed by atoms with E-state index in [1.807, 2.05) is 0 Å². The van der Waals surface area contributed by atoms with Crippen LogP contribution in [0.1, 0.15) is 15.2 Å². The highest BCUT2D eigenvalue weighted by molar-refractivity contribution is 9.11. The van der Waals surface area contributed by atoms with Crippen molar-refractivity contribution in [2.45, 2.75) is 11.8 Å². The first-order chi connectivity index (χ1) is 9.70. The summed E-state index contributed by atoms with van der Waals surface area (Å²) < 4.78 is 27.6. The largest absolute Gasteiger partial charge is 0.478 e. The molecule has 0 aliphatic rings. The molecule has 0 amide bonds. The van der Waals surface area contributed by atoms with Crippen LogP contribution in [-0.2, 0) is 10.0 Å². The molecule has 0 aliphatic heterocycles. The fourth-order valence-electron chi connectivity index (χ4n) is 1.66. The van der Waals surface area contributed by atoms with Gasteiger partial charge in [-0.05, 0) is 47.1 Å². The number of thiophene rings is 1. The summed E-state index contributed by atoms with van der Waals surface area (Å²) in [7, 11) is -3.75. The summed E-state index contributed by atoms with van der Waals surface area (Å²) >= 11 is 10.4. The van der Waals surface area contributed by atoms with E-state index in [2.05, 4.69) is 20.7 Å². The summed E-state index contributed by atoms with van der Waals surface area (Å²) in [5.74, 6) is -1.17. The average molecular weight is 411 g/mol. The summed E-state index contributed by atoms with van der Waals surface area (Å²) in [5.41, 5.74) is 0.112. The maximum atomic E-state index is 12.3. The molecule has 0 saturated heterocycles. The number of rotatable bonds is 4. The molecule has 0 radical (unpaired) electrons. The van der Waals surface area contributed by atoms with Crippen molar-refractivity contribution in [2.24, 2.45) is 0 Å². The SMILES string of the molecule is Cc1sc(Br)cc1S(=O)(=O)Nc1ccc(C(=O)O)c(Cl)c1. The highest BCUT2D eigenvalue weighted by Gasteiger charge is 2.20. The van der Waals surface area contributed by atoms with E-state index < -0.39 is 16.0 Å². The van der Waals surface area contributed by atoms with Crippen LogP contribution in [0.5, 0.6) is 0 Å². The van der Waals surface area contributed by atoms with Gasteiger partial charge in [-0.1, -0.05) is 11.6 Å². The van der Waals surface area contributed by atoms with Crippen molar-refractivity contribution in [3.63, 3.8) is 0 Å². The number of benzene rings is 1. The molecule has 0 bridgehead atoms. The Kier molecular flexibility index (Phi) is 4.62. The maximum absolute atomic E-state index is 12.3. The Hall–Kier alpha value is -1.09. The monoisotopic (exact) mass is 409 g/mol. The molecule has 0 aliphatic carbocycles. The molecule has 5 nitrogen and oxygen atoms in total. The Balaban J connectivity index is 2.35. The van der Waals surface area contributed by atoms with Gasteiger partial charge in [0.1, 0.15) is 4.90 Å². The molecule has 0 atom stereocenters. The van der Waals surface area contributed by atoms with Crippen LogP contribution in [0.2, 0.25) is 5.02 Å². The summed E-state index contributed by atoms with van der Waals surface area (Å²) in [5, 5.41) is 8.84.